The second kappa shape index (κ2) is 9.35. The van der Waals surface area contributed by atoms with Crippen LogP contribution in [0.2, 0.25) is 0 Å². The molecule has 1 unspecified atom stereocenters. The molecule has 20 heavy (non-hydrogen) atoms. The van der Waals surface area contributed by atoms with Crippen LogP contribution in [0.3, 0.4) is 0 Å². The number of hydrogen-bond donors (Lipinski definition) is 2. The Hall–Kier alpha value is -0.610. The summed E-state index contributed by atoms with van der Waals surface area (Å²) in [6, 6.07) is 0.895. The Balaban J connectivity index is 2.09. The van der Waals surface area contributed by atoms with Gasteiger partial charge in [-0.05, 0) is 60.2 Å². The SMILES string of the molecule is CC(C)NC(=O)C(C)NCCCN(C)C1CCCCC1. The monoisotopic (exact) mass is 283 g/mol. The highest BCUT2D eigenvalue weighted by Crippen LogP contribution is 2.21. The highest BCUT2D eigenvalue weighted by Gasteiger charge is 2.17. The molecular formula is C16H33N3O. The first kappa shape index (κ1) is 17.4. The van der Waals surface area contributed by atoms with Crippen LogP contribution in [0.5, 0.6) is 0 Å². The lowest BCUT2D eigenvalue weighted by molar-refractivity contribution is -0.123. The summed E-state index contributed by atoms with van der Waals surface area (Å²) in [6.45, 7) is 7.94. The van der Waals surface area contributed by atoms with Gasteiger partial charge in [-0.25, -0.2) is 0 Å². The van der Waals surface area contributed by atoms with Gasteiger partial charge in [0.15, 0.2) is 0 Å². The molecule has 1 aliphatic carbocycles. The van der Waals surface area contributed by atoms with E-state index in [0.717, 1.165) is 25.6 Å². The van der Waals surface area contributed by atoms with Crippen molar-refractivity contribution in [3.63, 3.8) is 0 Å². The molecule has 1 rings (SSSR count). The summed E-state index contributed by atoms with van der Waals surface area (Å²) in [5.74, 6) is 0.0978. The quantitative estimate of drug-likeness (QED) is 0.671. The maximum Gasteiger partial charge on any atom is 0.237 e. The lowest BCUT2D eigenvalue weighted by Crippen LogP contribution is -2.45. The van der Waals surface area contributed by atoms with Gasteiger partial charge in [-0.15, -0.1) is 0 Å². The molecule has 0 heterocycles. The first-order valence-corrected chi connectivity index (χ1v) is 8.24. The molecule has 0 aromatic carbocycles. The molecule has 1 atom stereocenters. The Morgan fingerprint density at radius 3 is 2.45 bits per heavy atom. The van der Waals surface area contributed by atoms with E-state index in [9.17, 15) is 4.79 Å². The largest absolute Gasteiger partial charge is 0.353 e. The fourth-order valence-electron chi connectivity index (χ4n) is 2.85. The number of rotatable bonds is 8. The van der Waals surface area contributed by atoms with E-state index in [0.29, 0.717) is 0 Å². The number of carbonyl (C=O) groups excluding carboxylic acids is 1. The molecule has 1 aliphatic rings. The van der Waals surface area contributed by atoms with Crippen molar-refractivity contribution < 1.29 is 4.79 Å². The standard InChI is InChI=1S/C16H33N3O/c1-13(2)18-16(20)14(3)17-11-8-12-19(4)15-9-6-5-7-10-15/h13-15,17H,5-12H2,1-4H3,(H,18,20). The van der Waals surface area contributed by atoms with Gasteiger partial charge < -0.3 is 15.5 Å². The van der Waals surface area contributed by atoms with Crippen molar-refractivity contribution in [2.24, 2.45) is 0 Å². The number of carbonyl (C=O) groups is 1. The molecule has 0 spiro atoms. The molecule has 118 valence electrons. The predicted molar refractivity (Wildman–Crippen MR) is 84.9 cm³/mol. The Morgan fingerprint density at radius 2 is 1.85 bits per heavy atom. The van der Waals surface area contributed by atoms with Gasteiger partial charge in [-0.1, -0.05) is 19.3 Å². The van der Waals surface area contributed by atoms with Crippen LogP contribution in [-0.2, 0) is 4.79 Å². The van der Waals surface area contributed by atoms with Crippen molar-refractivity contribution >= 4 is 5.91 Å². The van der Waals surface area contributed by atoms with Gasteiger partial charge in [0.25, 0.3) is 0 Å². The molecule has 4 heteroatoms. The van der Waals surface area contributed by atoms with Crippen LogP contribution in [0.25, 0.3) is 0 Å². The summed E-state index contributed by atoms with van der Waals surface area (Å²) in [5, 5.41) is 6.24. The first-order chi connectivity index (χ1) is 9.50. The van der Waals surface area contributed by atoms with Gasteiger partial charge in [-0.2, -0.15) is 0 Å². The molecule has 0 bridgehead atoms. The molecule has 1 fully saturated rings. The molecule has 2 N–H and O–H groups in total. The first-order valence-electron chi connectivity index (χ1n) is 8.24. The van der Waals surface area contributed by atoms with Gasteiger partial charge >= 0.3 is 0 Å². The van der Waals surface area contributed by atoms with Crippen LogP contribution in [-0.4, -0.2) is 49.1 Å². The summed E-state index contributed by atoms with van der Waals surface area (Å²) in [6.07, 6.45) is 8.01. The van der Waals surface area contributed by atoms with Gasteiger partial charge in [0.2, 0.25) is 5.91 Å². The lowest BCUT2D eigenvalue weighted by Gasteiger charge is -2.31. The van der Waals surface area contributed by atoms with Gasteiger partial charge in [-0.3, -0.25) is 4.79 Å². The fourth-order valence-corrected chi connectivity index (χ4v) is 2.85. The van der Waals surface area contributed by atoms with Crippen molar-refractivity contribution in [2.75, 3.05) is 20.1 Å². The van der Waals surface area contributed by atoms with Crippen molar-refractivity contribution in [2.45, 2.75) is 77.4 Å². The molecule has 1 saturated carbocycles. The number of hydrogen-bond acceptors (Lipinski definition) is 3. The minimum Gasteiger partial charge on any atom is -0.353 e. The van der Waals surface area contributed by atoms with Gasteiger partial charge in [0, 0.05) is 12.1 Å². The van der Waals surface area contributed by atoms with Crippen LogP contribution < -0.4 is 10.6 Å². The highest BCUT2D eigenvalue weighted by atomic mass is 16.2. The molecule has 1 amide bonds. The van der Waals surface area contributed by atoms with Gasteiger partial charge in [0.05, 0.1) is 6.04 Å². The maximum absolute atomic E-state index is 11.7. The van der Waals surface area contributed by atoms with Crippen LogP contribution >= 0.6 is 0 Å². The third kappa shape index (κ3) is 6.71. The number of nitrogens with one attached hydrogen (secondary N) is 2. The Labute approximate surface area is 124 Å². The molecule has 4 nitrogen and oxygen atoms in total. The Bertz CT molecular complexity index is 275. The van der Waals surface area contributed by atoms with Crippen molar-refractivity contribution in [1.29, 1.82) is 0 Å². The van der Waals surface area contributed by atoms with E-state index in [1.54, 1.807) is 0 Å². The summed E-state index contributed by atoms with van der Waals surface area (Å²) in [7, 11) is 2.24. The predicted octanol–water partition coefficient (Wildman–Crippen LogP) is 2.14. The number of amides is 1. The molecule has 0 saturated heterocycles. The summed E-state index contributed by atoms with van der Waals surface area (Å²) in [5.41, 5.74) is 0. The Morgan fingerprint density at radius 1 is 1.20 bits per heavy atom. The van der Waals surface area contributed by atoms with E-state index < -0.39 is 0 Å². The van der Waals surface area contributed by atoms with E-state index in [4.69, 9.17) is 0 Å². The summed E-state index contributed by atoms with van der Waals surface area (Å²) < 4.78 is 0. The van der Waals surface area contributed by atoms with E-state index >= 15 is 0 Å². The zero-order chi connectivity index (χ0) is 15.0. The lowest BCUT2D eigenvalue weighted by atomic mass is 9.94. The molecule has 0 aromatic heterocycles. The third-order valence-corrected chi connectivity index (χ3v) is 4.16. The molecular weight excluding hydrogens is 250 g/mol. The maximum atomic E-state index is 11.7. The third-order valence-electron chi connectivity index (χ3n) is 4.16. The summed E-state index contributed by atoms with van der Waals surface area (Å²) >= 11 is 0. The van der Waals surface area contributed by atoms with E-state index in [-0.39, 0.29) is 18.0 Å². The molecule has 0 aromatic rings. The van der Waals surface area contributed by atoms with Crippen molar-refractivity contribution in [3.05, 3.63) is 0 Å². The van der Waals surface area contributed by atoms with Crippen molar-refractivity contribution in [1.82, 2.24) is 15.5 Å². The zero-order valence-corrected chi connectivity index (χ0v) is 13.7. The van der Waals surface area contributed by atoms with E-state index in [2.05, 4.69) is 22.6 Å². The topological polar surface area (TPSA) is 44.4 Å². The van der Waals surface area contributed by atoms with Crippen LogP contribution in [0, 0.1) is 0 Å². The van der Waals surface area contributed by atoms with Gasteiger partial charge in [0.1, 0.15) is 0 Å². The second-order valence-electron chi connectivity index (χ2n) is 6.47. The zero-order valence-electron chi connectivity index (χ0n) is 13.7. The average molecular weight is 283 g/mol. The highest BCUT2D eigenvalue weighted by molar-refractivity contribution is 5.81. The van der Waals surface area contributed by atoms with Crippen LogP contribution in [0.15, 0.2) is 0 Å². The van der Waals surface area contributed by atoms with E-state index in [1.807, 2.05) is 20.8 Å². The van der Waals surface area contributed by atoms with E-state index in [1.165, 1.54) is 32.1 Å². The number of nitrogens with zero attached hydrogens (tertiary/aromatic N) is 1. The minimum atomic E-state index is -0.0996. The molecule has 0 aliphatic heterocycles. The van der Waals surface area contributed by atoms with Crippen LogP contribution in [0.4, 0.5) is 0 Å². The summed E-state index contributed by atoms with van der Waals surface area (Å²) in [4.78, 5) is 14.2. The fraction of sp³-hybridized carbons (Fsp3) is 0.938. The minimum absolute atomic E-state index is 0.0978. The Kier molecular flexibility index (Phi) is 8.15. The average Bonchev–Trinajstić information content (AvgIpc) is 2.43. The second-order valence-corrected chi connectivity index (χ2v) is 6.47. The molecule has 0 radical (unpaired) electrons. The van der Waals surface area contributed by atoms with Crippen molar-refractivity contribution in [3.8, 4) is 0 Å². The normalized spacial score (nSPS) is 18.5. The van der Waals surface area contributed by atoms with Crippen LogP contribution in [0.1, 0.15) is 59.3 Å². The smallest absolute Gasteiger partial charge is 0.237 e.